The maximum atomic E-state index is 11.7. The van der Waals surface area contributed by atoms with Crippen LogP contribution in [0.2, 0.25) is 0 Å². The first-order chi connectivity index (χ1) is 5.93. The van der Waals surface area contributed by atoms with Crippen LogP contribution in [-0.2, 0) is 4.79 Å². The van der Waals surface area contributed by atoms with Gasteiger partial charge in [-0.3, -0.25) is 4.79 Å². The molecule has 0 spiro atoms. The molecule has 0 unspecified atom stereocenters. The summed E-state index contributed by atoms with van der Waals surface area (Å²) in [6.07, 6.45) is 1.52. The molecule has 3 nitrogen and oxygen atoms in total. The number of nitrogens with zero attached hydrogens (tertiary/aromatic N) is 1. The van der Waals surface area contributed by atoms with Gasteiger partial charge in [-0.15, -0.1) is 0 Å². The third kappa shape index (κ3) is 4.27. The first-order valence-electron chi connectivity index (χ1n) is 4.94. The number of hydrogen-bond acceptors (Lipinski definition) is 2. The highest BCUT2D eigenvalue weighted by Crippen LogP contribution is 2.14. The molecule has 0 rings (SSSR count). The Bertz CT molecular complexity index is 161. The predicted octanol–water partition coefficient (Wildman–Crippen LogP) is 1.37. The van der Waals surface area contributed by atoms with Gasteiger partial charge >= 0.3 is 0 Å². The van der Waals surface area contributed by atoms with Gasteiger partial charge in [0.2, 0.25) is 5.91 Å². The molecule has 0 saturated carbocycles. The van der Waals surface area contributed by atoms with Crippen LogP contribution >= 0.6 is 0 Å². The van der Waals surface area contributed by atoms with Crippen LogP contribution in [0.25, 0.3) is 0 Å². The van der Waals surface area contributed by atoms with Crippen LogP contribution in [-0.4, -0.2) is 29.4 Å². The zero-order chi connectivity index (χ0) is 10.5. The molecular weight excluding hydrogens is 164 g/mol. The van der Waals surface area contributed by atoms with E-state index >= 15 is 0 Å². The van der Waals surface area contributed by atoms with Crippen molar-refractivity contribution in [2.45, 2.75) is 46.1 Å². The monoisotopic (exact) mass is 186 g/mol. The molecule has 0 aromatic carbocycles. The van der Waals surface area contributed by atoms with Gasteiger partial charge in [-0.2, -0.15) is 0 Å². The van der Waals surface area contributed by atoms with Crippen molar-refractivity contribution < 1.29 is 4.79 Å². The van der Waals surface area contributed by atoms with E-state index in [0.29, 0.717) is 19.5 Å². The van der Waals surface area contributed by atoms with Gasteiger partial charge in [-0.1, -0.05) is 6.92 Å². The Kier molecular flexibility index (Phi) is 4.99. The molecule has 2 N–H and O–H groups in total. The van der Waals surface area contributed by atoms with Crippen LogP contribution < -0.4 is 5.73 Å². The van der Waals surface area contributed by atoms with Crippen molar-refractivity contribution in [3.63, 3.8) is 0 Å². The van der Waals surface area contributed by atoms with E-state index in [1.165, 1.54) is 0 Å². The Balaban J connectivity index is 4.33. The molecular formula is C10H22N2O. The standard InChI is InChI=1S/C10H22N2O/c1-5-6-9(13)12(8-7-11)10(2,3)4/h5-8,11H2,1-4H3. The lowest BCUT2D eigenvalue weighted by atomic mass is 10.1. The molecule has 1 amide bonds. The van der Waals surface area contributed by atoms with E-state index in [2.05, 4.69) is 0 Å². The third-order valence-electron chi connectivity index (χ3n) is 1.93. The lowest BCUT2D eigenvalue weighted by molar-refractivity contribution is -0.135. The minimum Gasteiger partial charge on any atom is -0.337 e. The summed E-state index contributed by atoms with van der Waals surface area (Å²) >= 11 is 0. The smallest absolute Gasteiger partial charge is 0.223 e. The van der Waals surface area contributed by atoms with E-state index in [-0.39, 0.29) is 11.4 Å². The Hall–Kier alpha value is -0.570. The highest BCUT2D eigenvalue weighted by atomic mass is 16.2. The number of carbonyl (C=O) groups is 1. The fourth-order valence-electron chi connectivity index (χ4n) is 1.31. The summed E-state index contributed by atoms with van der Waals surface area (Å²) in [7, 11) is 0. The van der Waals surface area contributed by atoms with Gasteiger partial charge in [0, 0.05) is 25.0 Å². The largest absolute Gasteiger partial charge is 0.337 e. The van der Waals surface area contributed by atoms with Crippen molar-refractivity contribution in [1.82, 2.24) is 4.90 Å². The first kappa shape index (κ1) is 12.4. The first-order valence-corrected chi connectivity index (χ1v) is 4.94. The van der Waals surface area contributed by atoms with Crippen molar-refractivity contribution in [2.24, 2.45) is 5.73 Å². The summed E-state index contributed by atoms with van der Waals surface area (Å²) in [5.74, 6) is 0.209. The van der Waals surface area contributed by atoms with Crippen LogP contribution in [0, 0.1) is 0 Å². The maximum Gasteiger partial charge on any atom is 0.223 e. The quantitative estimate of drug-likeness (QED) is 0.721. The van der Waals surface area contributed by atoms with E-state index in [4.69, 9.17) is 5.73 Å². The number of amides is 1. The van der Waals surface area contributed by atoms with Crippen molar-refractivity contribution >= 4 is 5.91 Å². The summed E-state index contributed by atoms with van der Waals surface area (Å²) in [5.41, 5.74) is 5.36. The Morgan fingerprint density at radius 2 is 1.92 bits per heavy atom. The Morgan fingerprint density at radius 1 is 1.38 bits per heavy atom. The van der Waals surface area contributed by atoms with Crippen molar-refractivity contribution in [3.05, 3.63) is 0 Å². The SMILES string of the molecule is CCCC(=O)N(CCN)C(C)(C)C. The number of hydrogen-bond donors (Lipinski definition) is 1. The maximum absolute atomic E-state index is 11.7. The normalized spacial score (nSPS) is 11.5. The topological polar surface area (TPSA) is 46.3 Å². The van der Waals surface area contributed by atoms with Gasteiger partial charge in [-0.25, -0.2) is 0 Å². The van der Waals surface area contributed by atoms with Gasteiger partial charge in [-0.05, 0) is 27.2 Å². The van der Waals surface area contributed by atoms with Gasteiger partial charge in [0.1, 0.15) is 0 Å². The molecule has 0 atom stereocenters. The van der Waals surface area contributed by atoms with Crippen LogP contribution in [0.1, 0.15) is 40.5 Å². The highest BCUT2D eigenvalue weighted by Gasteiger charge is 2.24. The average molecular weight is 186 g/mol. The van der Waals surface area contributed by atoms with Gasteiger partial charge in [0.15, 0.2) is 0 Å². The van der Waals surface area contributed by atoms with E-state index < -0.39 is 0 Å². The van der Waals surface area contributed by atoms with E-state index in [0.717, 1.165) is 6.42 Å². The Morgan fingerprint density at radius 3 is 2.23 bits per heavy atom. The molecule has 78 valence electrons. The molecule has 13 heavy (non-hydrogen) atoms. The second-order valence-corrected chi connectivity index (χ2v) is 4.25. The molecule has 0 saturated heterocycles. The fourth-order valence-corrected chi connectivity index (χ4v) is 1.31. The highest BCUT2D eigenvalue weighted by molar-refractivity contribution is 5.76. The third-order valence-corrected chi connectivity index (χ3v) is 1.93. The molecule has 0 bridgehead atoms. The van der Waals surface area contributed by atoms with Crippen molar-refractivity contribution in [2.75, 3.05) is 13.1 Å². The minimum absolute atomic E-state index is 0.106. The molecule has 0 aliphatic rings. The summed E-state index contributed by atoms with van der Waals surface area (Å²) < 4.78 is 0. The molecule has 0 radical (unpaired) electrons. The summed E-state index contributed by atoms with van der Waals surface area (Å²) in [4.78, 5) is 13.5. The second kappa shape index (κ2) is 5.22. The minimum atomic E-state index is -0.106. The predicted molar refractivity (Wildman–Crippen MR) is 55.4 cm³/mol. The van der Waals surface area contributed by atoms with Gasteiger partial charge < -0.3 is 10.6 Å². The fraction of sp³-hybridized carbons (Fsp3) is 0.900. The van der Waals surface area contributed by atoms with Gasteiger partial charge in [0.25, 0.3) is 0 Å². The molecule has 0 aliphatic carbocycles. The second-order valence-electron chi connectivity index (χ2n) is 4.25. The van der Waals surface area contributed by atoms with Crippen LogP contribution in [0.15, 0.2) is 0 Å². The summed E-state index contributed by atoms with van der Waals surface area (Å²) in [6, 6.07) is 0. The molecule has 0 aliphatic heterocycles. The summed E-state index contributed by atoms with van der Waals surface area (Å²) in [5, 5.41) is 0. The molecule has 0 fully saturated rings. The van der Waals surface area contributed by atoms with Crippen LogP contribution in [0.3, 0.4) is 0 Å². The summed E-state index contributed by atoms with van der Waals surface area (Å²) in [6.45, 7) is 9.32. The lowest BCUT2D eigenvalue weighted by Crippen LogP contribution is -2.47. The Labute approximate surface area is 81.3 Å². The van der Waals surface area contributed by atoms with Crippen LogP contribution in [0.4, 0.5) is 0 Å². The molecule has 3 heteroatoms. The lowest BCUT2D eigenvalue weighted by Gasteiger charge is -2.35. The zero-order valence-corrected chi connectivity index (χ0v) is 9.26. The number of rotatable bonds is 4. The molecule has 0 aromatic heterocycles. The van der Waals surface area contributed by atoms with E-state index in [1.54, 1.807) is 0 Å². The van der Waals surface area contributed by atoms with Gasteiger partial charge in [0.05, 0.1) is 0 Å². The van der Waals surface area contributed by atoms with E-state index in [1.807, 2.05) is 32.6 Å². The molecule has 0 heterocycles. The zero-order valence-electron chi connectivity index (χ0n) is 9.26. The molecule has 0 aromatic rings. The van der Waals surface area contributed by atoms with Crippen LogP contribution in [0.5, 0.6) is 0 Å². The number of carbonyl (C=O) groups excluding carboxylic acids is 1. The van der Waals surface area contributed by atoms with E-state index in [9.17, 15) is 4.79 Å². The van der Waals surface area contributed by atoms with Crippen molar-refractivity contribution in [1.29, 1.82) is 0 Å². The average Bonchev–Trinajstić information content (AvgIpc) is 1.98. The number of nitrogens with two attached hydrogens (primary N) is 1. The van der Waals surface area contributed by atoms with Crippen molar-refractivity contribution in [3.8, 4) is 0 Å².